The predicted octanol–water partition coefficient (Wildman–Crippen LogP) is 4.21. The zero-order valence-electron chi connectivity index (χ0n) is 10.9. The van der Waals surface area contributed by atoms with Gasteiger partial charge in [-0.15, -0.1) is 0 Å². The van der Waals surface area contributed by atoms with Crippen molar-refractivity contribution in [2.75, 3.05) is 6.61 Å². The van der Waals surface area contributed by atoms with Gasteiger partial charge in [0.1, 0.15) is 0 Å². The molecule has 0 bridgehead atoms. The Balaban J connectivity index is 3.67. The number of rotatable bonds is 7. The Labute approximate surface area is 92.2 Å². The van der Waals surface area contributed by atoms with Gasteiger partial charge in [-0.25, -0.2) is 0 Å². The fourth-order valence-corrected chi connectivity index (χ4v) is 3.77. The summed E-state index contributed by atoms with van der Waals surface area (Å²) in [5, 5.41) is 0. The van der Waals surface area contributed by atoms with E-state index < -0.39 is 15.4 Å². The normalized spacial score (nSPS) is 13.3. The van der Waals surface area contributed by atoms with Crippen molar-refractivity contribution >= 4 is 15.4 Å². The Morgan fingerprint density at radius 2 is 1.43 bits per heavy atom. The first-order chi connectivity index (χ1) is 6.31. The van der Waals surface area contributed by atoms with Gasteiger partial charge in [0.2, 0.25) is 0 Å². The molecule has 0 N–H and O–H groups in total. The average molecular weight is 233 g/mol. The van der Waals surface area contributed by atoms with Crippen LogP contribution in [0, 0.1) is 0 Å². The van der Waals surface area contributed by atoms with Crippen molar-refractivity contribution < 1.29 is 4.43 Å². The summed E-state index contributed by atoms with van der Waals surface area (Å²) in [5.74, 6) is 0. The van der Waals surface area contributed by atoms with Crippen molar-refractivity contribution in [3.05, 3.63) is 0 Å². The van der Waals surface area contributed by atoms with Gasteiger partial charge in [-0.2, -0.15) is 0 Å². The minimum absolute atomic E-state index is 1.00. The second kappa shape index (κ2) is 6.08. The zero-order valence-corrected chi connectivity index (χ0v) is 12.9. The molecular formula is C11H28OSi2. The van der Waals surface area contributed by atoms with E-state index in [-0.39, 0.29) is 0 Å². The molecule has 3 heteroatoms. The maximum Gasteiger partial charge on any atom is 0.173 e. The molecule has 0 unspecified atom stereocenters. The van der Waals surface area contributed by atoms with Crippen LogP contribution in [0.3, 0.4) is 0 Å². The maximum absolute atomic E-state index is 6.14. The smallest absolute Gasteiger partial charge is 0.173 e. The lowest BCUT2D eigenvalue weighted by molar-refractivity contribution is 0.305. The molecule has 0 saturated carbocycles. The first-order valence-corrected chi connectivity index (χ1v) is 13.4. The standard InChI is InChI=1S/C11H28OSi2/c1-7-8-9-10-11-12-14(5,6)13(2,3)4/h7-11H2,1-6H3. The van der Waals surface area contributed by atoms with Gasteiger partial charge in [0.15, 0.2) is 7.83 Å². The van der Waals surface area contributed by atoms with Gasteiger partial charge < -0.3 is 4.43 Å². The summed E-state index contributed by atoms with van der Waals surface area (Å²) in [4.78, 5) is 0. The highest BCUT2D eigenvalue weighted by atomic mass is 29.3. The highest BCUT2D eigenvalue weighted by molar-refractivity contribution is 7.37. The Hall–Kier alpha value is 0.394. The zero-order chi connectivity index (χ0) is 11.2. The summed E-state index contributed by atoms with van der Waals surface area (Å²) >= 11 is 0. The van der Waals surface area contributed by atoms with Crippen LogP contribution in [0.2, 0.25) is 32.7 Å². The van der Waals surface area contributed by atoms with Gasteiger partial charge in [-0.3, -0.25) is 0 Å². The molecule has 0 aromatic rings. The van der Waals surface area contributed by atoms with Crippen LogP contribution in [0.1, 0.15) is 32.6 Å². The highest BCUT2D eigenvalue weighted by Gasteiger charge is 2.38. The van der Waals surface area contributed by atoms with Crippen LogP contribution in [0.5, 0.6) is 0 Å². The molecule has 0 aliphatic carbocycles. The Morgan fingerprint density at radius 1 is 0.857 bits per heavy atom. The number of hydrogen-bond donors (Lipinski definition) is 0. The molecule has 0 heterocycles. The van der Waals surface area contributed by atoms with Crippen LogP contribution in [0.25, 0.3) is 0 Å². The van der Waals surface area contributed by atoms with E-state index in [0.29, 0.717) is 0 Å². The van der Waals surface area contributed by atoms with Crippen LogP contribution in [0.15, 0.2) is 0 Å². The van der Waals surface area contributed by atoms with E-state index in [9.17, 15) is 0 Å². The topological polar surface area (TPSA) is 9.23 Å². The summed E-state index contributed by atoms with van der Waals surface area (Å²) in [6, 6.07) is 0. The Kier molecular flexibility index (Phi) is 6.25. The first-order valence-electron chi connectivity index (χ1n) is 5.95. The average Bonchev–Trinajstić information content (AvgIpc) is 2.02. The first kappa shape index (κ1) is 14.4. The number of hydrogen-bond acceptors (Lipinski definition) is 1. The summed E-state index contributed by atoms with van der Waals surface area (Å²) in [7, 11) is -2.36. The molecule has 0 spiro atoms. The van der Waals surface area contributed by atoms with Gasteiger partial charge in [0.25, 0.3) is 0 Å². The van der Waals surface area contributed by atoms with Crippen molar-refractivity contribution in [2.45, 2.75) is 65.3 Å². The maximum atomic E-state index is 6.14. The summed E-state index contributed by atoms with van der Waals surface area (Å²) in [6.45, 7) is 15.3. The monoisotopic (exact) mass is 232 g/mol. The summed E-state index contributed by atoms with van der Waals surface area (Å²) in [5.41, 5.74) is 0. The van der Waals surface area contributed by atoms with E-state index in [1.54, 1.807) is 0 Å². The van der Waals surface area contributed by atoms with Gasteiger partial charge in [0.05, 0.1) is 7.59 Å². The molecule has 0 aromatic heterocycles. The molecule has 0 amide bonds. The summed E-state index contributed by atoms with van der Waals surface area (Å²) in [6.07, 6.45) is 5.27. The Bertz CT molecular complexity index is 150. The van der Waals surface area contributed by atoms with E-state index in [4.69, 9.17) is 4.43 Å². The van der Waals surface area contributed by atoms with Crippen molar-refractivity contribution in [1.82, 2.24) is 0 Å². The molecule has 0 aliphatic heterocycles. The fourth-order valence-electron chi connectivity index (χ4n) is 1.07. The lowest BCUT2D eigenvalue weighted by Crippen LogP contribution is -2.54. The van der Waals surface area contributed by atoms with Crippen LogP contribution in [-0.2, 0) is 4.43 Å². The van der Waals surface area contributed by atoms with E-state index in [0.717, 1.165) is 6.61 Å². The van der Waals surface area contributed by atoms with Crippen molar-refractivity contribution in [3.8, 4) is 0 Å². The lowest BCUT2D eigenvalue weighted by Gasteiger charge is -2.34. The molecule has 1 nitrogen and oxygen atoms in total. The molecular weight excluding hydrogens is 204 g/mol. The minimum atomic E-state index is -1.33. The predicted molar refractivity (Wildman–Crippen MR) is 70.9 cm³/mol. The largest absolute Gasteiger partial charge is 0.420 e. The molecule has 0 radical (unpaired) electrons. The van der Waals surface area contributed by atoms with Crippen LogP contribution in [-0.4, -0.2) is 22.0 Å². The van der Waals surface area contributed by atoms with Crippen molar-refractivity contribution in [1.29, 1.82) is 0 Å². The van der Waals surface area contributed by atoms with E-state index in [1.165, 1.54) is 25.7 Å². The van der Waals surface area contributed by atoms with E-state index in [2.05, 4.69) is 39.7 Å². The molecule has 0 fully saturated rings. The second-order valence-corrected chi connectivity index (χ2v) is 21.6. The van der Waals surface area contributed by atoms with Crippen molar-refractivity contribution in [2.24, 2.45) is 0 Å². The van der Waals surface area contributed by atoms with Crippen LogP contribution < -0.4 is 0 Å². The Morgan fingerprint density at radius 3 is 1.86 bits per heavy atom. The highest BCUT2D eigenvalue weighted by Crippen LogP contribution is 2.20. The molecule has 0 saturated heterocycles. The van der Waals surface area contributed by atoms with Gasteiger partial charge >= 0.3 is 0 Å². The lowest BCUT2D eigenvalue weighted by atomic mass is 10.2. The van der Waals surface area contributed by atoms with Gasteiger partial charge in [-0.1, -0.05) is 45.8 Å². The molecule has 0 rings (SSSR count). The third-order valence-electron chi connectivity index (χ3n) is 3.27. The molecule has 0 atom stereocenters. The second-order valence-electron chi connectivity index (χ2n) is 5.67. The number of unbranched alkanes of at least 4 members (excludes halogenated alkanes) is 3. The minimum Gasteiger partial charge on any atom is -0.420 e. The quantitative estimate of drug-likeness (QED) is 0.472. The van der Waals surface area contributed by atoms with Crippen molar-refractivity contribution in [3.63, 3.8) is 0 Å². The van der Waals surface area contributed by atoms with Gasteiger partial charge in [0, 0.05) is 6.61 Å². The van der Waals surface area contributed by atoms with Crippen LogP contribution >= 0.6 is 0 Å². The third kappa shape index (κ3) is 5.32. The van der Waals surface area contributed by atoms with Gasteiger partial charge in [-0.05, 0) is 19.5 Å². The van der Waals surface area contributed by atoms with E-state index >= 15 is 0 Å². The fraction of sp³-hybridized carbons (Fsp3) is 1.00. The molecule has 0 aliphatic rings. The SMILES string of the molecule is CCCCCCO[Si](C)(C)[Si](C)(C)C. The summed E-state index contributed by atoms with van der Waals surface area (Å²) < 4.78 is 6.14. The van der Waals surface area contributed by atoms with E-state index in [1.807, 2.05) is 0 Å². The third-order valence-corrected chi connectivity index (χ3v) is 19.1. The molecule has 0 aromatic carbocycles. The van der Waals surface area contributed by atoms with Crippen LogP contribution in [0.4, 0.5) is 0 Å². The molecule has 14 heavy (non-hydrogen) atoms. The molecule has 86 valence electrons.